The predicted octanol–water partition coefficient (Wildman–Crippen LogP) is 3.57. The van der Waals surface area contributed by atoms with E-state index >= 15 is 0 Å². The van der Waals surface area contributed by atoms with Gasteiger partial charge in [0.15, 0.2) is 0 Å². The minimum absolute atomic E-state index is 0.154. The first-order valence-corrected chi connectivity index (χ1v) is 6.78. The van der Waals surface area contributed by atoms with Crippen LogP contribution in [0.2, 0.25) is 10.0 Å². The van der Waals surface area contributed by atoms with Crippen molar-refractivity contribution in [3.8, 4) is 0 Å². The lowest BCUT2D eigenvalue weighted by molar-refractivity contribution is -0.137. The van der Waals surface area contributed by atoms with Crippen LogP contribution >= 0.6 is 23.2 Å². The maximum atomic E-state index is 12.1. The number of amides is 2. The molecule has 0 aromatic heterocycles. The number of nitrogens with zero attached hydrogens (tertiary/aromatic N) is 1. The Morgan fingerprint density at radius 2 is 2.00 bits per heavy atom. The van der Waals surface area contributed by atoms with E-state index in [1.54, 1.807) is 12.1 Å². The molecule has 0 heterocycles. The molecule has 0 aliphatic carbocycles. The summed E-state index contributed by atoms with van der Waals surface area (Å²) in [5.74, 6) is -0.913. The van der Waals surface area contributed by atoms with Crippen molar-refractivity contribution in [3.63, 3.8) is 0 Å². The molecule has 0 spiro atoms. The zero-order chi connectivity index (χ0) is 15.3. The normalized spacial score (nSPS) is 10.4. The fourth-order valence-electron chi connectivity index (χ4n) is 1.61. The van der Waals surface area contributed by atoms with Crippen molar-refractivity contribution in [3.05, 3.63) is 28.2 Å². The Morgan fingerprint density at radius 1 is 1.35 bits per heavy atom. The third-order valence-electron chi connectivity index (χ3n) is 2.37. The number of hydrogen-bond acceptors (Lipinski definition) is 2. The molecule has 1 aromatic carbocycles. The molecule has 0 bridgehead atoms. The summed E-state index contributed by atoms with van der Waals surface area (Å²) in [6, 6.07) is 4.15. The Bertz CT molecular complexity index is 506. The highest BCUT2D eigenvalue weighted by Gasteiger charge is 2.18. The largest absolute Gasteiger partial charge is 0.480 e. The van der Waals surface area contributed by atoms with Crippen LogP contribution in [-0.2, 0) is 4.79 Å². The van der Waals surface area contributed by atoms with Crippen LogP contribution in [0.5, 0.6) is 0 Å². The second kappa shape index (κ2) is 7.36. The minimum atomic E-state index is -1.07. The molecule has 20 heavy (non-hydrogen) atoms. The topological polar surface area (TPSA) is 69.6 Å². The summed E-state index contributed by atoms with van der Waals surface area (Å²) < 4.78 is 0. The number of hydrogen-bond donors (Lipinski definition) is 2. The van der Waals surface area contributed by atoms with Crippen LogP contribution in [0.15, 0.2) is 18.2 Å². The van der Waals surface area contributed by atoms with E-state index in [4.69, 9.17) is 28.3 Å². The van der Waals surface area contributed by atoms with E-state index in [-0.39, 0.29) is 12.5 Å². The summed E-state index contributed by atoms with van der Waals surface area (Å²) in [7, 11) is 0. The lowest BCUT2D eigenvalue weighted by Gasteiger charge is -2.23. The summed E-state index contributed by atoms with van der Waals surface area (Å²) >= 11 is 11.7. The molecule has 5 nitrogen and oxygen atoms in total. The monoisotopic (exact) mass is 318 g/mol. The molecule has 0 atom stereocenters. The number of aliphatic carboxylic acids is 1. The second-order valence-electron chi connectivity index (χ2n) is 4.72. The smallest absolute Gasteiger partial charge is 0.323 e. The molecule has 2 amide bonds. The molecule has 1 aromatic rings. The predicted molar refractivity (Wildman–Crippen MR) is 79.5 cm³/mol. The highest BCUT2D eigenvalue weighted by molar-refractivity contribution is 6.36. The molecule has 0 aliphatic rings. The van der Waals surface area contributed by atoms with Gasteiger partial charge >= 0.3 is 12.0 Å². The third-order valence-corrected chi connectivity index (χ3v) is 2.92. The highest BCUT2D eigenvalue weighted by atomic mass is 35.5. The van der Waals surface area contributed by atoms with E-state index in [2.05, 4.69) is 5.32 Å². The van der Waals surface area contributed by atoms with E-state index < -0.39 is 12.0 Å². The van der Waals surface area contributed by atoms with Gasteiger partial charge in [-0.25, -0.2) is 4.79 Å². The summed E-state index contributed by atoms with van der Waals surface area (Å²) in [5, 5.41) is 12.2. The number of carbonyl (C=O) groups excluding carboxylic acids is 1. The maximum Gasteiger partial charge on any atom is 0.323 e. The van der Waals surface area contributed by atoms with Crippen molar-refractivity contribution in [1.29, 1.82) is 0 Å². The number of rotatable bonds is 5. The Kier molecular flexibility index (Phi) is 6.10. The molecule has 0 saturated heterocycles. The van der Waals surface area contributed by atoms with Crippen molar-refractivity contribution in [2.24, 2.45) is 5.92 Å². The Labute approximate surface area is 127 Å². The number of anilines is 1. The zero-order valence-electron chi connectivity index (χ0n) is 11.2. The van der Waals surface area contributed by atoms with Gasteiger partial charge in [0.05, 0.1) is 10.7 Å². The van der Waals surface area contributed by atoms with Gasteiger partial charge in [-0.05, 0) is 24.1 Å². The molecule has 0 fully saturated rings. The van der Waals surface area contributed by atoms with Crippen molar-refractivity contribution >= 4 is 40.9 Å². The van der Waals surface area contributed by atoms with Crippen LogP contribution in [0.1, 0.15) is 13.8 Å². The number of nitrogens with one attached hydrogen (secondary N) is 1. The fraction of sp³-hybridized carbons (Fsp3) is 0.385. The standard InChI is InChI=1S/C13H16Cl2N2O3/c1-8(2)6-17(7-12(18)19)13(20)16-11-4-3-9(14)5-10(11)15/h3-5,8H,6-7H2,1-2H3,(H,16,20)(H,18,19). The van der Waals surface area contributed by atoms with Gasteiger partial charge in [0, 0.05) is 11.6 Å². The Hall–Kier alpha value is -1.46. The molecule has 0 aliphatic heterocycles. The molecular formula is C13H16Cl2N2O3. The fourth-order valence-corrected chi connectivity index (χ4v) is 2.06. The Balaban J connectivity index is 2.81. The van der Waals surface area contributed by atoms with Crippen molar-refractivity contribution in [1.82, 2.24) is 4.90 Å². The van der Waals surface area contributed by atoms with Gasteiger partial charge in [-0.1, -0.05) is 37.0 Å². The first-order chi connectivity index (χ1) is 9.29. The SMILES string of the molecule is CC(C)CN(CC(=O)O)C(=O)Nc1ccc(Cl)cc1Cl. The van der Waals surface area contributed by atoms with Crippen LogP contribution in [0.25, 0.3) is 0 Å². The van der Waals surface area contributed by atoms with E-state index in [0.29, 0.717) is 22.3 Å². The summed E-state index contributed by atoms with van der Waals surface area (Å²) in [6.45, 7) is 3.77. The van der Waals surface area contributed by atoms with Crippen LogP contribution in [-0.4, -0.2) is 35.1 Å². The molecule has 0 radical (unpaired) electrons. The number of benzene rings is 1. The number of carboxylic acids is 1. The Morgan fingerprint density at radius 3 is 2.50 bits per heavy atom. The summed E-state index contributed by atoms with van der Waals surface area (Å²) in [4.78, 5) is 24.1. The van der Waals surface area contributed by atoms with Gasteiger partial charge < -0.3 is 15.3 Å². The van der Waals surface area contributed by atoms with E-state index in [1.165, 1.54) is 11.0 Å². The molecule has 0 unspecified atom stereocenters. The van der Waals surface area contributed by atoms with Crippen LogP contribution < -0.4 is 5.32 Å². The van der Waals surface area contributed by atoms with E-state index in [1.807, 2.05) is 13.8 Å². The third kappa shape index (κ3) is 5.27. The van der Waals surface area contributed by atoms with Crippen LogP contribution in [0.4, 0.5) is 10.5 Å². The van der Waals surface area contributed by atoms with Gasteiger partial charge in [-0.15, -0.1) is 0 Å². The maximum absolute atomic E-state index is 12.1. The molecule has 7 heteroatoms. The van der Waals surface area contributed by atoms with Crippen LogP contribution in [0.3, 0.4) is 0 Å². The molecule has 1 rings (SSSR count). The van der Waals surface area contributed by atoms with Gasteiger partial charge in [0.25, 0.3) is 0 Å². The van der Waals surface area contributed by atoms with Crippen LogP contribution in [0, 0.1) is 5.92 Å². The van der Waals surface area contributed by atoms with Gasteiger partial charge in [0.2, 0.25) is 0 Å². The summed E-state index contributed by atoms with van der Waals surface area (Å²) in [6.07, 6.45) is 0. The van der Waals surface area contributed by atoms with E-state index in [9.17, 15) is 9.59 Å². The number of halogens is 2. The zero-order valence-corrected chi connectivity index (χ0v) is 12.7. The van der Waals surface area contributed by atoms with Gasteiger partial charge in [-0.2, -0.15) is 0 Å². The summed E-state index contributed by atoms with van der Waals surface area (Å²) in [5.41, 5.74) is 0.389. The van der Waals surface area contributed by atoms with E-state index in [0.717, 1.165) is 0 Å². The molecule has 0 saturated carbocycles. The first-order valence-electron chi connectivity index (χ1n) is 6.02. The van der Waals surface area contributed by atoms with Crippen molar-refractivity contribution in [2.45, 2.75) is 13.8 Å². The molecule has 110 valence electrons. The minimum Gasteiger partial charge on any atom is -0.480 e. The number of carbonyl (C=O) groups is 2. The quantitative estimate of drug-likeness (QED) is 0.872. The molecular weight excluding hydrogens is 303 g/mol. The van der Waals surface area contributed by atoms with Crippen molar-refractivity contribution in [2.75, 3.05) is 18.4 Å². The highest BCUT2D eigenvalue weighted by Crippen LogP contribution is 2.25. The number of carboxylic acid groups (broad SMARTS) is 1. The van der Waals surface area contributed by atoms with Gasteiger partial charge in [-0.3, -0.25) is 4.79 Å². The molecule has 2 N–H and O–H groups in total. The first kappa shape index (κ1) is 16.6. The van der Waals surface area contributed by atoms with Gasteiger partial charge in [0.1, 0.15) is 6.54 Å². The average molecular weight is 319 g/mol. The number of urea groups is 1. The lowest BCUT2D eigenvalue weighted by atomic mass is 10.2. The average Bonchev–Trinajstić information content (AvgIpc) is 2.30. The lowest BCUT2D eigenvalue weighted by Crippen LogP contribution is -2.41. The van der Waals surface area contributed by atoms with Crippen molar-refractivity contribution < 1.29 is 14.7 Å². The second-order valence-corrected chi connectivity index (χ2v) is 5.57.